The third-order valence-electron chi connectivity index (χ3n) is 3.86. The van der Waals surface area contributed by atoms with Crippen molar-refractivity contribution in [1.82, 2.24) is 10.2 Å². The van der Waals surface area contributed by atoms with Gasteiger partial charge in [-0.2, -0.15) is 0 Å². The molecular formula is C14H30N2O. The molecule has 1 saturated heterocycles. The summed E-state index contributed by atoms with van der Waals surface area (Å²) in [6, 6.07) is 1.33. The Labute approximate surface area is 107 Å². The Kier molecular flexibility index (Phi) is 6.45. The van der Waals surface area contributed by atoms with Crippen molar-refractivity contribution in [2.24, 2.45) is 11.8 Å². The summed E-state index contributed by atoms with van der Waals surface area (Å²) < 4.78 is 5.16. The van der Waals surface area contributed by atoms with E-state index in [4.69, 9.17) is 4.74 Å². The third kappa shape index (κ3) is 4.57. The zero-order valence-corrected chi connectivity index (χ0v) is 12.2. The summed E-state index contributed by atoms with van der Waals surface area (Å²) in [5, 5.41) is 3.70. The van der Waals surface area contributed by atoms with E-state index in [2.05, 4.69) is 37.9 Å². The van der Waals surface area contributed by atoms with Crippen molar-refractivity contribution in [2.45, 2.75) is 46.2 Å². The predicted molar refractivity (Wildman–Crippen MR) is 73.3 cm³/mol. The minimum absolute atomic E-state index is 0.646. The Balaban J connectivity index is 2.50. The number of nitrogens with one attached hydrogen (secondary N) is 1. The van der Waals surface area contributed by atoms with Crippen molar-refractivity contribution in [1.29, 1.82) is 0 Å². The van der Waals surface area contributed by atoms with E-state index in [0.717, 1.165) is 25.5 Å². The Morgan fingerprint density at radius 3 is 2.47 bits per heavy atom. The number of methoxy groups -OCH3 is 1. The quantitative estimate of drug-likeness (QED) is 0.721. The van der Waals surface area contributed by atoms with Gasteiger partial charge in [-0.3, -0.25) is 4.90 Å². The van der Waals surface area contributed by atoms with Gasteiger partial charge in [-0.1, -0.05) is 27.7 Å². The molecule has 0 aliphatic carbocycles. The van der Waals surface area contributed by atoms with Gasteiger partial charge in [0.05, 0.1) is 0 Å². The Bertz CT molecular complexity index is 206. The first-order valence-electron chi connectivity index (χ1n) is 7.02. The van der Waals surface area contributed by atoms with Crippen LogP contribution in [-0.2, 0) is 4.74 Å². The van der Waals surface area contributed by atoms with Crippen molar-refractivity contribution >= 4 is 0 Å². The lowest BCUT2D eigenvalue weighted by atomic mass is 9.94. The van der Waals surface area contributed by atoms with E-state index in [9.17, 15) is 0 Å². The summed E-state index contributed by atoms with van der Waals surface area (Å²) in [5.41, 5.74) is 0. The van der Waals surface area contributed by atoms with Crippen LogP contribution in [0.15, 0.2) is 0 Å². The van der Waals surface area contributed by atoms with Crippen molar-refractivity contribution in [3.63, 3.8) is 0 Å². The van der Waals surface area contributed by atoms with Gasteiger partial charge in [0, 0.05) is 45.4 Å². The van der Waals surface area contributed by atoms with Crippen LogP contribution in [0.25, 0.3) is 0 Å². The average molecular weight is 242 g/mol. The zero-order chi connectivity index (χ0) is 12.8. The van der Waals surface area contributed by atoms with Gasteiger partial charge in [-0.05, 0) is 18.3 Å². The van der Waals surface area contributed by atoms with E-state index < -0.39 is 0 Å². The van der Waals surface area contributed by atoms with Crippen LogP contribution in [0.3, 0.4) is 0 Å². The maximum absolute atomic E-state index is 5.16. The highest BCUT2D eigenvalue weighted by Gasteiger charge is 2.30. The molecule has 1 aliphatic rings. The second-order valence-corrected chi connectivity index (χ2v) is 5.91. The molecule has 2 atom stereocenters. The molecule has 3 heteroatoms. The molecule has 1 N–H and O–H groups in total. The van der Waals surface area contributed by atoms with Crippen molar-refractivity contribution < 1.29 is 4.74 Å². The molecule has 0 aromatic rings. The third-order valence-corrected chi connectivity index (χ3v) is 3.86. The molecule has 0 aromatic heterocycles. The van der Waals surface area contributed by atoms with Crippen LogP contribution in [-0.4, -0.2) is 50.3 Å². The average Bonchev–Trinajstić information content (AvgIpc) is 2.28. The first-order valence-corrected chi connectivity index (χ1v) is 7.02. The fraction of sp³-hybridized carbons (Fsp3) is 1.00. The van der Waals surface area contributed by atoms with Crippen LogP contribution in [0, 0.1) is 11.8 Å². The Morgan fingerprint density at radius 1 is 1.24 bits per heavy atom. The molecule has 2 unspecified atom stereocenters. The maximum Gasteiger partial charge on any atom is 0.0474 e. The normalized spacial score (nSPS) is 27.0. The molecule has 0 radical (unpaired) electrons. The molecular weight excluding hydrogens is 212 g/mol. The van der Waals surface area contributed by atoms with Crippen LogP contribution < -0.4 is 5.32 Å². The largest absolute Gasteiger partial charge is 0.385 e. The van der Waals surface area contributed by atoms with Gasteiger partial charge < -0.3 is 10.1 Å². The van der Waals surface area contributed by atoms with Gasteiger partial charge >= 0.3 is 0 Å². The number of piperazine rings is 1. The van der Waals surface area contributed by atoms with E-state index >= 15 is 0 Å². The lowest BCUT2D eigenvalue weighted by molar-refractivity contribution is 0.0743. The minimum Gasteiger partial charge on any atom is -0.385 e. The summed E-state index contributed by atoms with van der Waals surface area (Å²) in [4.78, 5) is 2.66. The first kappa shape index (κ1) is 14.9. The second kappa shape index (κ2) is 7.34. The summed E-state index contributed by atoms with van der Waals surface area (Å²) in [6.07, 6.45) is 1.14. The molecule has 0 aromatic carbocycles. The highest BCUT2D eigenvalue weighted by molar-refractivity contribution is 4.88. The second-order valence-electron chi connectivity index (χ2n) is 5.91. The van der Waals surface area contributed by atoms with E-state index in [1.54, 1.807) is 7.11 Å². The standard InChI is InChI=1S/C14H30N2O/c1-11(2)13-10-16(7-6-8-17-5)14(9-15-13)12(3)4/h11-15H,6-10H2,1-5H3. The molecule has 0 spiro atoms. The SMILES string of the molecule is COCCCN1CC(C(C)C)NCC1C(C)C. The summed E-state index contributed by atoms with van der Waals surface area (Å²) in [5.74, 6) is 1.44. The summed E-state index contributed by atoms with van der Waals surface area (Å²) >= 11 is 0. The van der Waals surface area contributed by atoms with Gasteiger partial charge in [0.2, 0.25) is 0 Å². The molecule has 1 fully saturated rings. The highest BCUT2D eigenvalue weighted by atomic mass is 16.5. The van der Waals surface area contributed by atoms with Crippen molar-refractivity contribution in [3.8, 4) is 0 Å². The number of hydrogen-bond donors (Lipinski definition) is 1. The lowest BCUT2D eigenvalue weighted by Crippen LogP contribution is -2.59. The topological polar surface area (TPSA) is 24.5 Å². The molecule has 0 amide bonds. The smallest absolute Gasteiger partial charge is 0.0474 e. The van der Waals surface area contributed by atoms with E-state index in [1.807, 2.05) is 0 Å². The fourth-order valence-electron chi connectivity index (χ4n) is 2.63. The fourth-order valence-corrected chi connectivity index (χ4v) is 2.63. The first-order chi connectivity index (χ1) is 8.06. The highest BCUT2D eigenvalue weighted by Crippen LogP contribution is 2.18. The monoisotopic (exact) mass is 242 g/mol. The Morgan fingerprint density at radius 2 is 1.94 bits per heavy atom. The zero-order valence-electron chi connectivity index (χ0n) is 12.2. The van der Waals surface area contributed by atoms with E-state index in [1.165, 1.54) is 13.1 Å². The number of rotatable bonds is 6. The molecule has 17 heavy (non-hydrogen) atoms. The molecule has 3 nitrogen and oxygen atoms in total. The van der Waals surface area contributed by atoms with Gasteiger partial charge in [0.1, 0.15) is 0 Å². The van der Waals surface area contributed by atoms with E-state index in [-0.39, 0.29) is 0 Å². The predicted octanol–water partition coefficient (Wildman–Crippen LogP) is 1.98. The molecule has 1 aliphatic heterocycles. The molecule has 1 heterocycles. The van der Waals surface area contributed by atoms with Crippen LogP contribution in [0.4, 0.5) is 0 Å². The van der Waals surface area contributed by atoms with Crippen LogP contribution in [0.1, 0.15) is 34.1 Å². The van der Waals surface area contributed by atoms with Crippen molar-refractivity contribution in [2.75, 3.05) is 33.4 Å². The van der Waals surface area contributed by atoms with Gasteiger partial charge in [-0.25, -0.2) is 0 Å². The lowest BCUT2D eigenvalue weighted by Gasteiger charge is -2.43. The number of ether oxygens (including phenoxy) is 1. The molecule has 0 saturated carbocycles. The molecule has 1 rings (SSSR count). The van der Waals surface area contributed by atoms with Gasteiger partial charge in [-0.15, -0.1) is 0 Å². The van der Waals surface area contributed by atoms with E-state index in [0.29, 0.717) is 18.0 Å². The minimum atomic E-state index is 0.646. The van der Waals surface area contributed by atoms with Crippen LogP contribution in [0.2, 0.25) is 0 Å². The van der Waals surface area contributed by atoms with Crippen LogP contribution in [0.5, 0.6) is 0 Å². The van der Waals surface area contributed by atoms with Crippen molar-refractivity contribution in [3.05, 3.63) is 0 Å². The van der Waals surface area contributed by atoms with Gasteiger partial charge in [0.15, 0.2) is 0 Å². The van der Waals surface area contributed by atoms with Gasteiger partial charge in [0.25, 0.3) is 0 Å². The summed E-state index contributed by atoms with van der Waals surface area (Å²) in [6.45, 7) is 13.6. The summed E-state index contributed by atoms with van der Waals surface area (Å²) in [7, 11) is 1.79. The molecule has 102 valence electrons. The van der Waals surface area contributed by atoms with Crippen LogP contribution >= 0.6 is 0 Å². The molecule has 0 bridgehead atoms. The Hall–Kier alpha value is -0.120. The maximum atomic E-state index is 5.16. The number of hydrogen-bond acceptors (Lipinski definition) is 3. The number of nitrogens with zero attached hydrogens (tertiary/aromatic N) is 1.